The first-order chi connectivity index (χ1) is 6.40. The lowest BCUT2D eigenvalue weighted by Crippen LogP contribution is -1.94. The van der Waals surface area contributed by atoms with Crippen molar-refractivity contribution >= 4 is 0 Å². The number of rotatable bonds is 2. The smallest absolute Gasteiger partial charge is 0.129 e. The van der Waals surface area contributed by atoms with Crippen LogP contribution in [0.1, 0.15) is 0 Å². The largest absolute Gasteiger partial charge is 0.496 e. The molecular weight excluding hydrogens is 164 g/mol. The molecule has 0 aliphatic heterocycles. The molecule has 13 heavy (non-hydrogen) atoms. The van der Waals surface area contributed by atoms with Gasteiger partial charge in [0.2, 0.25) is 0 Å². The molecule has 0 N–H and O–H groups in total. The highest BCUT2D eigenvalue weighted by atomic mass is 16.5. The Morgan fingerprint density at radius 1 is 1.38 bits per heavy atom. The zero-order valence-corrected chi connectivity index (χ0v) is 7.27. The second-order valence-corrected chi connectivity index (χ2v) is 2.56. The fraction of sp³-hybridized carbons (Fsp3) is 0.100. The van der Waals surface area contributed by atoms with Gasteiger partial charge in [0.05, 0.1) is 18.9 Å². The lowest BCUT2D eigenvalue weighted by molar-refractivity contribution is 0.413. The van der Waals surface area contributed by atoms with E-state index in [9.17, 15) is 0 Å². The highest BCUT2D eigenvalue weighted by molar-refractivity contribution is 5.36. The number of benzene rings is 1. The van der Waals surface area contributed by atoms with E-state index in [2.05, 4.69) is 11.2 Å². The summed E-state index contributed by atoms with van der Waals surface area (Å²) in [6, 6.07) is 10.6. The van der Waals surface area contributed by atoms with Crippen molar-refractivity contribution in [1.82, 2.24) is 9.78 Å². The molecule has 0 bridgehead atoms. The molecule has 0 fully saturated rings. The quantitative estimate of drug-likeness (QED) is 0.690. The Morgan fingerprint density at radius 2 is 2.31 bits per heavy atom. The molecule has 2 rings (SSSR count). The van der Waals surface area contributed by atoms with Crippen molar-refractivity contribution < 1.29 is 4.74 Å². The predicted octanol–water partition coefficient (Wildman–Crippen LogP) is 1.68. The maximum atomic E-state index is 5.06. The number of hydrogen-bond donors (Lipinski definition) is 0. The number of nitrogens with zero attached hydrogens (tertiary/aromatic N) is 2. The van der Waals surface area contributed by atoms with Crippen molar-refractivity contribution in [3.05, 3.63) is 42.7 Å². The van der Waals surface area contributed by atoms with Gasteiger partial charge >= 0.3 is 0 Å². The Balaban J connectivity index is 2.41. The fourth-order valence-corrected chi connectivity index (χ4v) is 1.10. The van der Waals surface area contributed by atoms with Gasteiger partial charge in [-0.25, -0.2) is 4.68 Å². The summed E-state index contributed by atoms with van der Waals surface area (Å²) < 4.78 is 6.79. The molecular formula is C10H9N2O. The number of ether oxygens (including phenoxy) is 1. The molecule has 3 nitrogen and oxygen atoms in total. The molecule has 0 spiro atoms. The standard InChI is InChI=1S/C10H9N2O/c1-13-10-5-2-4-9(8-10)12-7-3-6-11-12/h2-7H,1H3. The minimum atomic E-state index is 0.716. The first-order valence-electron chi connectivity index (χ1n) is 3.96. The van der Waals surface area contributed by atoms with Gasteiger partial charge in [0.15, 0.2) is 0 Å². The summed E-state index contributed by atoms with van der Waals surface area (Å²) in [7, 11) is 1.62. The van der Waals surface area contributed by atoms with Crippen LogP contribution in [0.25, 0.3) is 5.69 Å². The molecule has 0 unspecified atom stereocenters. The Bertz CT molecular complexity index is 382. The summed E-state index contributed by atoms with van der Waals surface area (Å²) in [6.07, 6.45) is 3.60. The molecule has 65 valence electrons. The minimum absolute atomic E-state index is 0.716. The van der Waals surface area contributed by atoms with E-state index >= 15 is 0 Å². The summed E-state index contributed by atoms with van der Waals surface area (Å²) >= 11 is 0. The molecule has 1 heterocycles. The molecule has 0 aliphatic rings. The third kappa shape index (κ3) is 1.54. The van der Waals surface area contributed by atoms with Crippen molar-refractivity contribution in [3.8, 4) is 11.4 Å². The van der Waals surface area contributed by atoms with Crippen molar-refractivity contribution in [2.45, 2.75) is 0 Å². The highest BCUT2D eigenvalue weighted by Crippen LogP contribution is 2.13. The van der Waals surface area contributed by atoms with Gasteiger partial charge in [-0.2, -0.15) is 5.10 Å². The first kappa shape index (κ1) is 7.86. The Kier molecular flexibility index (Phi) is 2.00. The van der Waals surface area contributed by atoms with Crippen LogP contribution < -0.4 is 4.74 Å². The highest BCUT2D eigenvalue weighted by Gasteiger charge is 1.97. The monoisotopic (exact) mass is 173 g/mol. The summed E-state index contributed by atoms with van der Waals surface area (Å²) in [6.45, 7) is 0. The zero-order valence-electron chi connectivity index (χ0n) is 7.27. The van der Waals surface area contributed by atoms with E-state index in [4.69, 9.17) is 4.74 Å². The van der Waals surface area contributed by atoms with Gasteiger partial charge in [0.1, 0.15) is 5.75 Å². The minimum Gasteiger partial charge on any atom is -0.496 e. The molecule has 0 atom stereocenters. The van der Waals surface area contributed by atoms with E-state index in [1.54, 1.807) is 18.0 Å². The van der Waals surface area contributed by atoms with E-state index in [0.29, 0.717) is 5.75 Å². The van der Waals surface area contributed by atoms with Crippen LogP contribution in [-0.4, -0.2) is 16.9 Å². The Labute approximate surface area is 76.6 Å². The van der Waals surface area contributed by atoms with Crippen molar-refractivity contribution in [3.63, 3.8) is 0 Å². The lowest BCUT2D eigenvalue weighted by Gasteiger charge is -2.02. The molecule has 1 aromatic heterocycles. The summed E-state index contributed by atoms with van der Waals surface area (Å²) in [5.41, 5.74) is 0.879. The van der Waals surface area contributed by atoms with E-state index in [0.717, 1.165) is 5.69 Å². The van der Waals surface area contributed by atoms with Crippen molar-refractivity contribution in [2.75, 3.05) is 7.11 Å². The number of aromatic nitrogens is 2. The third-order valence-corrected chi connectivity index (χ3v) is 1.72. The fourth-order valence-electron chi connectivity index (χ4n) is 1.10. The topological polar surface area (TPSA) is 27.1 Å². The molecule has 3 heteroatoms. The summed E-state index contributed by atoms with van der Waals surface area (Å²) in [5, 5.41) is 4.09. The van der Waals surface area contributed by atoms with E-state index in [1.807, 2.05) is 30.5 Å². The van der Waals surface area contributed by atoms with Crippen molar-refractivity contribution in [1.29, 1.82) is 0 Å². The second kappa shape index (κ2) is 3.31. The van der Waals surface area contributed by atoms with E-state index in [-0.39, 0.29) is 0 Å². The Hall–Kier alpha value is -1.77. The zero-order chi connectivity index (χ0) is 9.10. The average Bonchev–Trinajstić information content (AvgIpc) is 2.71. The van der Waals surface area contributed by atoms with Gasteiger partial charge in [0.25, 0.3) is 0 Å². The van der Waals surface area contributed by atoms with Gasteiger partial charge in [-0.15, -0.1) is 0 Å². The van der Waals surface area contributed by atoms with E-state index in [1.165, 1.54) is 0 Å². The molecule has 0 saturated carbocycles. The molecule has 0 aliphatic carbocycles. The Morgan fingerprint density at radius 3 is 3.00 bits per heavy atom. The van der Waals surface area contributed by atoms with Crippen LogP contribution >= 0.6 is 0 Å². The van der Waals surface area contributed by atoms with Crippen LogP contribution in [0.15, 0.2) is 36.7 Å². The van der Waals surface area contributed by atoms with Gasteiger partial charge in [-0.1, -0.05) is 6.07 Å². The van der Waals surface area contributed by atoms with Crippen LogP contribution in [0.2, 0.25) is 0 Å². The average molecular weight is 173 g/mol. The van der Waals surface area contributed by atoms with Gasteiger partial charge < -0.3 is 4.74 Å². The van der Waals surface area contributed by atoms with Crippen LogP contribution in [0.3, 0.4) is 0 Å². The number of hydrogen-bond acceptors (Lipinski definition) is 2. The molecule has 1 aromatic carbocycles. The van der Waals surface area contributed by atoms with Crippen LogP contribution in [0, 0.1) is 6.07 Å². The molecule has 2 aromatic rings. The first-order valence-corrected chi connectivity index (χ1v) is 3.96. The second-order valence-electron chi connectivity index (χ2n) is 2.56. The maximum absolute atomic E-state index is 5.06. The normalized spacial score (nSPS) is 9.92. The third-order valence-electron chi connectivity index (χ3n) is 1.72. The van der Waals surface area contributed by atoms with Gasteiger partial charge in [-0.05, 0) is 18.2 Å². The van der Waals surface area contributed by atoms with Gasteiger partial charge in [0, 0.05) is 12.4 Å². The molecule has 0 amide bonds. The summed E-state index contributed by atoms with van der Waals surface area (Å²) in [4.78, 5) is 0. The van der Waals surface area contributed by atoms with Gasteiger partial charge in [-0.3, -0.25) is 0 Å². The maximum Gasteiger partial charge on any atom is 0.129 e. The molecule has 0 saturated heterocycles. The SMILES string of the molecule is COc1[c]c(-n2cccn2)ccc1. The number of methoxy groups -OCH3 is 1. The predicted molar refractivity (Wildman–Crippen MR) is 49.0 cm³/mol. The lowest BCUT2D eigenvalue weighted by atomic mass is 10.3. The van der Waals surface area contributed by atoms with Crippen LogP contribution in [0.4, 0.5) is 0 Å². The van der Waals surface area contributed by atoms with E-state index < -0.39 is 0 Å². The summed E-state index contributed by atoms with van der Waals surface area (Å²) in [5.74, 6) is 0.716. The van der Waals surface area contributed by atoms with Crippen molar-refractivity contribution in [2.24, 2.45) is 0 Å². The molecule has 1 radical (unpaired) electrons. The van der Waals surface area contributed by atoms with Crippen LogP contribution in [0.5, 0.6) is 5.75 Å². The van der Waals surface area contributed by atoms with Crippen LogP contribution in [-0.2, 0) is 0 Å².